The number of aromatic nitrogens is 1. The highest BCUT2D eigenvalue weighted by molar-refractivity contribution is 7.16. The molecule has 0 saturated heterocycles. The molecule has 0 aliphatic heterocycles. The van der Waals surface area contributed by atoms with Crippen molar-refractivity contribution in [3.63, 3.8) is 0 Å². The lowest BCUT2D eigenvalue weighted by molar-refractivity contribution is 0.0696. The smallest absolute Gasteiger partial charge is 0.337 e. The maximum atomic E-state index is 12.0. The monoisotopic (exact) mass is 331 g/mol. The summed E-state index contributed by atoms with van der Waals surface area (Å²) in [6.45, 7) is 4.79. The van der Waals surface area contributed by atoms with Gasteiger partial charge in [0, 0.05) is 23.7 Å². The summed E-state index contributed by atoms with van der Waals surface area (Å²) >= 11 is 1.61. The van der Waals surface area contributed by atoms with Gasteiger partial charge in [0.15, 0.2) is 0 Å². The second-order valence-corrected chi connectivity index (χ2v) is 7.89. The van der Waals surface area contributed by atoms with Gasteiger partial charge >= 0.3 is 5.97 Å². The molecule has 23 heavy (non-hydrogen) atoms. The maximum Gasteiger partial charge on any atom is 0.337 e. The van der Waals surface area contributed by atoms with E-state index in [0.717, 1.165) is 41.0 Å². The highest BCUT2D eigenvalue weighted by atomic mass is 32.1. The number of nitrogens with zero attached hydrogens (tertiary/aromatic N) is 1. The van der Waals surface area contributed by atoms with Crippen LogP contribution in [0.25, 0.3) is 10.4 Å². The van der Waals surface area contributed by atoms with E-state index in [1.165, 1.54) is 4.88 Å². The second-order valence-electron chi connectivity index (χ2n) is 6.78. The van der Waals surface area contributed by atoms with Gasteiger partial charge in [0.1, 0.15) is 0 Å². The van der Waals surface area contributed by atoms with Crippen molar-refractivity contribution in [1.82, 2.24) is 4.98 Å². The molecule has 0 unspecified atom stereocenters. The molecule has 1 aliphatic carbocycles. The van der Waals surface area contributed by atoms with E-state index in [2.05, 4.69) is 18.8 Å². The fourth-order valence-electron chi connectivity index (χ4n) is 3.23. The quantitative estimate of drug-likeness (QED) is 0.913. The van der Waals surface area contributed by atoms with Gasteiger partial charge in [-0.3, -0.25) is 4.98 Å². The van der Waals surface area contributed by atoms with Crippen LogP contribution in [0.15, 0.2) is 18.3 Å². The van der Waals surface area contributed by atoms with E-state index in [-0.39, 0.29) is 5.41 Å². The Hall–Kier alpha value is -1.72. The van der Waals surface area contributed by atoms with Crippen LogP contribution in [0.4, 0.5) is 0 Å². The number of aryl methyl sites for hydroxylation is 1. The number of aromatic carboxylic acids is 1. The summed E-state index contributed by atoms with van der Waals surface area (Å²) in [6, 6.07) is 3.79. The first kappa shape index (κ1) is 16.1. The van der Waals surface area contributed by atoms with Gasteiger partial charge in [0.25, 0.3) is 0 Å². The number of methoxy groups -OCH3 is 1. The molecule has 0 bridgehead atoms. The Kier molecular flexibility index (Phi) is 4.25. The molecule has 0 atom stereocenters. The molecule has 5 heteroatoms. The molecule has 0 aromatic carbocycles. The maximum absolute atomic E-state index is 12.0. The van der Waals surface area contributed by atoms with Crippen molar-refractivity contribution in [2.45, 2.75) is 39.7 Å². The summed E-state index contributed by atoms with van der Waals surface area (Å²) in [5, 5.41) is 9.82. The van der Waals surface area contributed by atoms with E-state index >= 15 is 0 Å². The molecule has 3 rings (SSSR count). The summed E-state index contributed by atoms with van der Waals surface area (Å²) < 4.78 is 5.22. The van der Waals surface area contributed by atoms with Crippen LogP contribution in [0.3, 0.4) is 0 Å². The SMILES string of the molecule is COCc1ncccc1-c1sc2c(c1C(=O)O)CC(C)(C)CC2. The molecular weight excluding hydrogens is 310 g/mol. The number of carboxylic acids is 1. The number of pyridine rings is 1. The minimum atomic E-state index is -0.845. The fraction of sp³-hybridized carbons (Fsp3) is 0.444. The number of rotatable bonds is 4. The van der Waals surface area contributed by atoms with E-state index in [1.807, 2.05) is 12.1 Å². The molecule has 2 aromatic heterocycles. The van der Waals surface area contributed by atoms with Crippen molar-refractivity contribution in [2.24, 2.45) is 5.41 Å². The number of carboxylic acid groups (broad SMARTS) is 1. The first-order valence-corrected chi connectivity index (χ1v) is 8.55. The zero-order valence-corrected chi connectivity index (χ0v) is 14.5. The van der Waals surface area contributed by atoms with Crippen molar-refractivity contribution < 1.29 is 14.6 Å². The number of hydrogen-bond donors (Lipinski definition) is 1. The number of hydrogen-bond acceptors (Lipinski definition) is 4. The van der Waals surface area contributed by atoms with Gasteiger partial charge in [0.05, 0.1) is 22.7 Å². The Labute approximate surface area is 140 Å². The molecule has 0 amide bonds. The van der Waals surface area contributed by atoms with Gasteiger partial charge in [-0.05, 0) is 36.3 Å². The molecule has 0 fully saturated rings. The molecule has 1 N–H and O–H groups in total. The second kappa shape index (κ2) is 6.06. The normalized spacial score (nSPS) is 16.1. The lowest BCUT2D eigenvalue weighted by Gasteiger charge is -2.29. The molecular formula is C18H21NO3S. The van der Waals surface area contributed by atoms with Crippen LogP contribution >= 0.6 is 11.3 Å². The third-order valence-electron chi connectivity index (χ3n) is 4.40. The molecule has 122 valence electrons. The van der Waals surface area contributed by atoms with Crippen LogP contribution in [0.2, 0.25) is 0 Å². The predicted octanol–water partition coefficient (Wildman–Crippen LogP) is 4.17. The highest BCUT2D eigenvalue weighted by Crippen LogP contribution is 2.45. The Bertz CT molecular complexity index is 749. The van der Waals surface area contributed by atoms with Gasteiger partial charge in [-0.25, -0.2) is 4.79 Å². The Morgan fingerprint density at radius 3 is 2.96 bits per heavy atom. The Morgan fingerprint density at radius 2 is 2.26 bits per heavy atom. The lowest BCUT2D eigenvalue weighted by Crippen LogP contribution is -2.22. The van der Waals surface area contributed by atoms with Crippen molar-refractivity contribution in [1.29, 1.82) is 0 Å². The van der Waals surface area contributed by atoms with Crippen LogP contribution in [0.1, 0.15) is 46.8 Å². The standard InChI is InChI=1S/C18H21NO3S/c1-18(2)7-6-14-12(9-18)15(17(20)21)16(23-14)11-5-4-8-19-13(11)10-22-3/h4-5,8H,6-7,9-10H2,1-3H3,(H,20,21). The van der Waals surface area contributed by atoms with Crippen LogP contribution < -0.4 is 0 Å². The summed E-state index contributed by atoms with van der Waals surface area (Å²) in [4.78, 5) is 18.4. The van der Waals surface area contributed by atoms with E-state index in [1.54, 1.807) is 24.6 Å². The Balaban J connectivity index is 2.18. The van der Waals surface area contributed by atoms with Crippen molar-refractivity contribution in [2.75, 3.05) is 7.11 Å². The average Bonchev–Trinajstić information content (AvgIpc) is 2.85. The topological polar surface area (TPSA) is 59.4 Å². The predicted molar refractivity (Wildman–Crippen MR) is 91.0 cm³/mol. The number of ether oxygens (including phenoxy) is 1. The fourth-order valence-corrected chi connectivity index (χ4v) is 4.59. The van der Waals surface area contributed by atoms with Crippen LogP contribution in [0.5, 0.6) is 0 Å². The summed E-state index contributed by atoms with van der Waals surface area (Å²) in [5.41, 5.74) is 3.29. The first-order chi connectivity index (χ1) is 10.9. The van der Waals surface area contributed by atoms with Crippen LogP contribution in [0, 0.1) is 5.41 Å². The molecule has 0 saturated carbocycles. The van der Waals surface area contributed by atoms with Crippen molar-refractivity contribution in [3.05, 3.63) is 40.0 Å². The summed E-state index contributed by atoms with van der Waals surface area (Å²) in [6.07, 6.45) is 4.58. The largest absolute Gasteiger partial charge is 0.478 e. The van der Waals surface area contributed by atoms with Gasteiger partial charge in [-0.1, -0.05) is 19.9 Å². The zero-order chi connectivity index (χ0) is 16.6. The van der Waals surface area contributed by atoms with Gasteiger partial charge in [0.2, 0.25) is 0 Å². The van der Waals surface area contributed by atoms with E-state index in [4.69, 9.17) is 4.74 Å². The zero-order valence-electron chi connectivity index (χ0n) is 13.7. The molecule has 0 spiro atoms. The molecule has 2 heterocycles. The van der Waals surface area contributed by atoms with Crippen LogP contribution in [-0.2, 0) is 24.2 Å². The number of thiophene rings is 1. The summed E-state index contributed by atoms with van der Waals surface area (Å²) in [5.74, 6) is -0.845. The summed E-state index contributed by atoms with van der Waals surface area (Å²) in [7, 11) is 1.62. The van der Waals surface area contributed by atoms with E-state index < -0.39 is 5.97 Å². The molecule has 1 aliphatic rings. The Morgan fingerprint density at radius 1 is 1.48 bits per heavy atom. The van der Waals surface area contributed by atoms with E-state index in [0.29, 0.717) is 12.2 Å². The molecule has 0 radical (unpaired) electrons. The first-order valence-electron chi connectivity index (χ1n) is 7.74. The van der Waals surface area contributed by atoms with Crippen molar-refractivity contribution >= 4 is 17.3 Å². The minimum Gasteiger partial charge on any atom is -0.478 e. The third-order valence-corrected chi connectivity index (χ3v) is 5.73. The number of fused-ring (bicyclic) bond motifs is 1. The molecule has 4 nitrogen and oxygen atoms in total. The average molecular weight is 331 g/mol. The van der Waals surface area contributed by atoms with Crippen LogP contribution in [-0.4, -0.2) is 23.2 Å². The highest BCUT2D eigenvalue weighted by Gasteiger charge is 2.33. The third kappa shape index (κ3) is 3.03. The van der Waals surface area contributed by atoms with Gasteiger partial charge in [-0.2, -0.15) is 0 Å². The van der Waals surface area contributed by atoms with E-state index in [9.17, 15) is 9.90 Å². The van der Waals surface area contributed by atoms with Gasteiger partial charge in [-0.15, -0.1) is 11.3 Å². The minimum absolute atomic E-state index is 0.153. The van der Waals surface area contributed by atoms with Gasteiger partial charge < -0.3 is 9.84 Å². The lowest BCUT2D eigenvalue weighted by atomic mass is 9.76. The van der Waals surface area contributed by atoms with Crippen molar-refractivity contribution in [3.8, 4) is 10.4 Å². The molecule has 2 aromatic rings. The number of carbonyl (C=O) groups is 1.